The van der Waals surface area contributed by atoms with Crippen molar-refractivity contribution in [2.24, 2.45) is 28.1 Å². The van der Waals surface area contributed by atoms with Gasteiger partial charge in [0.25, 0.3) is 0 Å². The van der Waals surface area contributed by atoms with E-state index in [0.29, 0.717) is 0 Å². The number of ketones is 1. The zero-order chi connectivity index (χ0) is 33.8. The number of aliphatic hydroxyl groups is 3. The number of hydrogen-bond acceptors (Lipinski definition) is 10. The first kappa shape index (κ1) is 33.5. The molecule has 3 aliphatic carbocycles. The molecule has 5 rings (SSSR count). The van der Waals surface area contributed by atoms with Gasteiger partial charge in [0.1, 0.15) is 18.3 Å². The topological polar surface area (TPSA) is 157 Å². The second-order valence-corrected chi connectivity index (χ2v) is 14.0. The quantitative estimate of drug-likeness (QED) is 0.243. The summed E-state index contributed by atoms with van der Waals surface area (Å²) in [5.41, 5.74) is -6.15. The van der Waals surface area contributed by atoms with Gasteiger partial charge in [0, 0.05) is 24.7 Å². The van der Waals surface area contributed by atoms with Gasteiger partial charge in [0.2, 0.25) is 0 Å². The summed E-state index contributed by atoms with van der Waals surface area (Å²) in [7, 11) is 0. The summed E-state index contributed by atoms with van der Waals surface area (Å²) in [5.74, 6) is -5.10. The van der Waals surface area contributed by atoms with Crippen LogP contribution >= 0.6 is 0 Å². The first-order chi connectivity index (χ1) is 21.5. The molecule has 0 bridgehead atoms. The summed E-state index contributed by atoms with van der Waals surface area (Å²) in [6.45, 7) is 11.7. The minimum absolute atomic E-state index is 0.101. The summed E-state index contributed by atoms with van der Waals surface area (Å²) in [4.78, 5) is 54.1. The number of carbonyl (C=O) groups is 4. The van der Waals surface area contributed by atoms with E-state index >= 15 is 0 Å². The van der Waals surface area contributed by atoms with Gasteiger partial charge in [-0.2, -0.15) is 0 Å². The fourth-order valence-corrected chi connectivity index (χ4v) is 8.58. The molecular weight excluding hydrogens is 592 g/mol. The Kier molecular flexibility index (Phi) is 8.55. The molecule has 10 atom stereocenters. The molecule has 0 spiro atoms. The van der Waals surface area contributed by atoms with Crippen molar-refractivity contribution in [3.05, 3.63) is 84.4 Å². The lowest BCUT2D eigenvalue weighted by Crippen LogP contribution is -2.80. The summed E-state index contributed by atoms with van der Waals surface area (Å²) in [6, 6.07) is 16.3. The van der Waals surface area contributed by atoms with Crippen molar-refractivity contribution in [3.8, 4) is 0 Å². The Morgan fingerprint density at radius 3 is 1.89 bits per heavy atom. The number of allylic oxidation sites excluding steroid dienone is 1. The van der Waals surface area contributed by atoms with Crippen LogP contribution in [0.4, 0.5) is 0 Å². The Bertz CT molecular complexity index is 1520. The van der Waals surface area contributed by atoms with Crippen LogP contribution in [0, 0.1) is 28.1 Å². The van der Waals surface area contributed by atoms with E-state index in [9.17, 15) is 34.5 Å². The smallest absolute Gasteiger partial charge is 0.338 e. The maximum Gasteiger partial charge on any atom is 0.338 e. The molecule has 10 nitrogen and oxygen atoms in total. The van der Waals surface area contributed by atoms with Crippen molar-refractivity contribution in [2.75, 3.05) is 0 Å². The SMILES string of the molecule is C=C[C@@]1(C)C[C@@H](OC(=O)c2ccccc2)[C@H]2[C@](O)(C1=O)[C@H](O)C[C@H]1C(C)(C)[C@H](O)[C@H](OC(C)=O)[C@H](OC(=O)c3ccccc3)[C@@]12C. The van der Waals surface area contributed by atoms with E-state index in [2.05, 4.69) is 6.58 Å². The molecule has 3 aliphatic rings. The lowest BCUT2D eigenvalue weighted by Gasteiger charge is -2.68. The molecule has 46 heavy (non-hydrogen) atoms. The molecule has 0 aliphatic heterocycles. The van der Waals surface area contributed by atoms with Crippen LogP contribution < -0.4 is 0 Å². The van der Waals surface area contributed by atoms with Crippen LogP contribution in [0.25, 0.3) is 0 Å². The van der Waals surface area contributed by atoms with Crippen molar-refractivity contribution >= 4 is 23.7 Å². The lowest BCUT2D eigenvalue weighted by atomic mass is 9.39. The van der Waals surface area contributed by atoms with Crippen LogP contribution in [-0.2, 0) is 23.8 Å². The zero-order valence-corrected chi connectivity index (χ0v) is 26.7. The van der Waals surface area contributed by atoms with Gasteiger partial charge in [0.15, 0.2) is 17.5 Å². The van der Waals surface area contributed by atoms with E-state index in [1.54, 1.807) is 76.2 Å². The van der Waals surface area contributed by atoms with Crippen LogP contribution in [0.3, 0.4) is 0 Å². The standard InChI is InChI=1S/C36H42O10/c1-7-34(5)19-23(45-30(40)21-14-10-8-11-15-21)27-35(6)24(18-25(38)36(27,43)32(34)42)33(3,4)28(39)26(44-20(2)37)29(35)46-31(41)22-16-12-9-13-17-22/h7-17,23-29,38-39,43H,1,18-19H2,2-6H3/t23-,24+,25-,26+,27-,28-,29+,34+,35+,36+/m1/s1. The maximum absolute atomic E-state index is 14.3. The fraction of sp³-hybridized carbons (Fsp3) is 0.500. The van der Waals surface area contributed by atoms with E-state index in [-0.39, 0.29) is 24.0 Å². The lowest BCUT2D eigenvalue weighted by molar-refractivity contribution is -0.312. The van der Waals surface area contributed by atoms with Gasteiger partial charge in [-0.3, -0.25) is 9.59 Å². The Labute approximate surface area is 268 Å². The van der Waals surface area contributed by atoms with Crippen molar-refractivity contribution < 1.29 is 48.7 Å². The third kappa shape index (κ3) is 5.07. The molecule has 0 saturated heterocycles. The molecule has 3 saturated carbocycles. The Morgan fingerprint density at radius 2 is 1.39 bits per heavy atom. The van der Waals surface area contributed by atoms with Crippen molar-refractivity contribution in [1.82, 2.24) is 0 Å². The molecule has 0 amide bonds. The summed E-state index contributed by atoms with van der Waals surface area (Å²) in [6.07, 6.45) is -6.05. The van der Waals surface area contributed by atoms with Crippen LogP contribution in [0.15, 0.2) is 73.3 Å². The largest absolute Gasteiger partial charge is 0.458 e. The zero-order valence-electron chi connectivity index (χ0n) is 26.7. The first-order valence-electron chi connectivity index (χ1n) is 15.5. The predicted octanol–water partition coefficient (Wildman–Crippen LogP) is 3.67. The number of rotatable bonds is 6. The van der Waals surface area contributed by atoms with E-state index in [1.165, 1.54) is 18.2 Å². The normalized spacial score (nSPS) is 38.0. The van der Waals surface area contributed by atoms with Crippen LogP contribution in [0.5, 0.6) is 0 Å². The Hall–Kier alpha value is -3.86. The first-order valence-corrected chi connectivity index (χ1v) is 15.5. The summed E-state index contributed by atoms with van der Waals surface area (Å²) < 4.78 is 18.0. The second kappa shape index (κ2) is 11.7. The molecule has 2 aromatic carbocycles. The number of esters is 3. The molecule has 0 heterocycles. The number of hydrogen-bond donors (Lipinski definition) is 3. The van der Waals surface area contributed by atoms with Gasteiger partial charge >= 0.3 is 17.9 Å². The minimum Gasteiger partial charge on any atom is -0.458 e. The highest BCUT2D eigenvalue weighted by Crippen LogP contribution is 2.67. The highest BCUT2D eigenvalue weighted by molar-refractivity contribution is 5.96. The fourth-order valence-electron chi connectivity index (χ4n) is 8.58. The highest BCUT2D eigenvalue weighted by Gasteiger charge is 2.77. The van der Waals surface area contributed by atoms with Crippen LogP contribution in [0.2, 0.25) is 0 Å². The number of Topliss-reactive ketones (excluding diaryl/α,β-unsaturated/α-hetero) is 1. The third-order valence-electron chi connectivity index (χ3n) is 10.9. The maximum atomic E-state index is 14.3. The number of aliphatic hydroxyl groups excluding tert-OH is 2. The molecular formula is C36H42O10. The minimum atomic E-state index is -2.51. The van der Waals surface area contributed by atoms with E-state index in [0.717, 1.165) is 6.92 Å². The molecule has 246 valence electrons. The predicted molar refractivity (Wildman–Crippen MR) is 165 cm³/mol. The number of carbonyl (C=O) groups excluding carboxylic acids is 4. The van der Waals surface area contributed by atoms with Crippen LogP contribution in [0.1, 0.15) is 68.2 Å². The molecule has 0 radical (unpaired) electrons. The Balaban J connectivity index is 1.74. The number of benzene rings is 2. The summed E-state index contributed by atoms with van der Waals surface area (Å²) >= 11 is 0. The molecule has 3 N–H and O–H groups in total. The average molecular weight is 635 g/mol. The van der Waals surface area contributed by atoms with E-state index in [1.807, 2.05) is 0 Å². The van der Waals surface area contributed by atoms with Crippen molar-refractivity contribution in [1.29, 1.82) is 0 Å². The van der Waals surface area contributed by atoms with Crippen molar-refractivity contribution in [3.63, 3.8) is 0 Å². The van der Waals surface area contributed by atoms with Gasteiger partial charge < -0.3 is 29.5 Å². The molecule has 3 fully saturated rings. The van der Waals surface area contributed by atoms with E-state index in [4.69, 9.17) is 14.2 Å². The number of fused-ring (bicyclic) bond motifs is 3. The second-order valence-electron chi connectivity index (χ2n) is 14.0. The van der Waals surface area contributed by atoms with Crippen LogP contribution in [-0.4, -0.2) is 75.1 Å². The molecule has 10 heteroatoms. The Morgan fingerprint density at radius 1 is 0.870 bits per heavy atom. The van der Waals surface area contributed by atoms with Gasteiger partial charge in [-0.05, 0) is 48.9 Å². The third-order valence-corrected chi connectivity index (χ3v) is 10.9. The van der Waals surface area contributed by atoms with Gasteiger partial charge in [-0.1, -0.05) is 63.2 Å². The molecule has 2 aromatic rings. The van der Waals surface area contributed by atoms with Gasteiger partial charge in [0.05, 0.1) is 22.6 Å². The van der Waals surface area contributed by atoms with Gasteiger partial charge in [-0.25, -0.2) is 9.59 Å². The van der Waals surface area contributed by atoms with E-state index < -0.39 is 87.9 Å². The molecule has 0 aromatic heterocycles. The molecule has 0 unspecified atom stereocenters. The summed E-state index contributed by atoms with van der Waals surface area (Å²) in [5, 5.41) is 36.1. The average Bonchev–Trinajstić information content (AvgIpc) is 3.02. The monoisotopic (exact) mass is 634 g/mol. The van der Waals surface area contributed by atoms with Gasteiger partial charge in [-0.15, -0.1) is 6.58 Å². The van der Waals surface area contributed by atoms with Crippen molar-refractivity contribution in [2.45, 2.75) is 83.6 Å². The highest BCUT2D eigenvalue weighted by atomic mass is 16.6. The number of ether oxygens (including phenoxy) is 3.